The molecule has 19 heavy (non-hydrogen) atoms. The van der Waals surface area contributed by atoms with E-state index in [1.807, 2.05) is 0 Å². The van der Waals surface area contributed by atoms with Gasteiger partial charge in [0.05, 0.1) is 24.0 Å². The molecular formula is C13H18N2O4. The molecule has 0 aromatic rings. The lowest BCUT2D eigenvalue weighted by Gasteiger charge is -2.30. The van der Waals surface area contributed by atoms with E-state index < -0.39 is 12.6 Å². The predicted octanol–water partition coefficient (Wildman–Crippen LogP) is 1.53. The Labute approximate surface area is 112 Å². The summed E-state index contributed by atoms with van der Waals surface area (Å²) in [6.07, 6.45) is 2.23. The maximum Gasteiger partial charge on any atom is 0.176 e. The second kappa shape index (κ2) is 7.42. The largest absolute Gasteiger partial charge is 0.351 e. The van der Waals surface area contributed by atoms with Gasteiger partial charge < -0.3 is 18.9 Å². The zero-order valence-corrected chi connectivity index (χ0v) is 10.8. The van der Waals surface area contributed by atoms with Crippen LogP contribution in [0, 0.1) is 34.5 Å². The summed E-state index contributed by atoms with van der Waals surface area (Å²) in [4.78, 5) is 0. The fraction of sp³-hybridized carbons (Fsp3) is 0.846. The third kappa shape index (κ3) is 3.89. The van der Waals surface area contributed by atoms with Crippen LogP contribution in [-0.2, 0) is 18.9 Å². The average molecular weight is 266 g/mol. The highest BCUT2D eigenvalue weighted by Crippen LogP contribution is 2.23. The molecule has 104 valence electrons. The first kappa shape index (κ1) is 14.2. The van der Waals surface area contributed by atoms with E-state index in [0.717, 1.165) is 25.7 Å². The Hall–Kier alpha value is -1.18. The van der Waals surface area contributed by atoms with Gasteiger partial charge in [0.1, 0.15) is 0 Å². The topological polar surface area (TPSA) is 84.5 Å². The van der Waals surface area contributed by atoms with Gasteiger partial charge in [0, 0.05) is 13.2 Å². The number of nitrogens with zero attached hydrogens (tertiary/aromatic N) is 2. The molecule has 0 aromatic carbocycles. The van der Waals surface area contributed by atoms with Crippen molar-refractivity contribution in [3.63, 3.8) is 0 Å². The molecule has 4 unspecified atom stereocenters. The molecule has 0 amide bonds. The molecule has 0 bridgehead atoms. The van der Waals surface area contributed by atoms with E-state index in [0.29, 0.717) is 13.2 Å². The van der Waals surface area contributed by atoms with Gasteiger partial charge in [-0.3, -0.25) is 0 Å². The van der Waals surface area contributed by atoms with Crippen molar-refractivity contribution in [3.05, 3.63) is 0 Å². The van der Waals surface area contributed by atoms with Gasteiger partial charge in [-0.05, 0) is 25.7 Å². The summed E-state index contributed by atoms with van der Waals surface area (Å²) < 4.78 is 21.6. The van der Waals surface area contributed by atoms with Gasteiger partial charge in [0.25, 0.3) is 0 Å². The van der Waals surface area contributed by atoms with Crippen molar-refractivity contribution in [1.82, 2.24) is 0 Å². The summed E-state index contributed by atoms with van der Waals surface area (Å²) in [6, 6.07) is 4.35. The highest BCUT2D eigenvalue weighted by atomic mass is 16.8. The second-order valence-corrected chi connectivity index (χ2v) is 4.69. The molecule has 0 aromatic heterocycles. The average Bonchev–Trinajstić information content (AvgIpc) is 2.48. The number of nitriles is 2. The van der Waals surface area contributed by atoms with E-state index in [4.69, 9.17) is 29.5 Å². The number of hydrogen-bond donors (Lipinski definition) is 0. The van der Waals surface area contributed by atoms with Gasteiger partial charge in [-0.15, -0.1) is 0 Å². The molecule has 0 N–H and O–H groups in total. The zero-order chi connectivity index (χ0) is 13.5. The van der Waals surface area contributed by atoms with Gasteiger partial charge >= 0.3 is 0 Å². The normalized spacial score (nSPS) is 35.3. The van der Waals surface area contributed by atoms with Crippen LogP contribution in [0.1, 0.15) is 25.7 Å². The van der Waals surface area contributed by atoms with Crippen LogP contribution in [0.15, 0.2) is 0 Å². The van der Waals surface area contributed by atoms with Crippen LogP contribution in [0.25, 0.3) is 0 Å². The second-order valence-electron chi connectivity index (χ2n) is 4.69. The smallest absolute Gasteiger partial charge is 0.176 e. The van der Waals surface area contributed by atoms with E-state index in [1.165, 1.54) is 0 Å². The lowest BCUT2D eigenvalue weighted by Crippen LogP contribution is -2.35. The van der Waals surface area contributed by atoms with Gasteiger partial charge in [-0.25, -0.2) is 0 Å². The van der Waals surface area contributed by atoms with Gasteiger partial charge in [-0.1, -0.05) is 0 Å². The van der Waals surface area contributed by atoms with Gasteiger partial charge in [0.15, 0.2) is 19.4 Å². The van der Waals surface area contributed by atoms with Gasteiger partial charge in [0.2, 0.25) is 0 Å². The molecule has 6 heteroatoms. The quantitative estimate of drug-likeness (QED) is 0.717. The fourth-order valence-corrected chi connectivity index (χ4v) is 2.26. The minimum Gasteiger partial charge on any atom is -0.351 e. The Bertz CT molecular complexity index is 329. The van der Waals surface area contributed by atoms with Crippen LogP contribution in [0.2, 0.25) is 0 Å². The lowest BCUT2D eigenvalue weighted by atomic mass is 10.0. The molecule has 2 rings (SSSR count). The predicted molar refractivity (Wildman–Crippen MR) is 63.2 cm³/mol. The number of ether oxygens (including phenoxy) is 4. The van der Waals surface area contributed by atoms with Crippen LogP contribution >= 0.6 is 0 Å². The highest BCUT2D eigenvalue weighted by molar-refractivity contribution is 4.88. The van der Waals surface area contributed by atoms with Crippen LogP contribution < -0.4 is 0 Å². The van der Waals surface area contributed by atoms with Crippen molar-refractivity contribution in [2.24, 2.45) is 11.8 Å². The fourth-order valence-electron chi connectivity index (χ4n) is 2.26. The summed E-state index contributed by atoms with van der Waals surface area (Å²) in [6.45, 7) is 1.18. The Kier molecular flexibility index (Phi) is 5.56. The first-order chi connectivity index (χ1) is 9.35. The highest BCUT2D eigenvalue weighted by Gasteiger charge is 2.29. The number of hydrogen-bond acceptors (Lipinski definition) is 6. The molecule has 0 radical (unpaired) electrons. The Morgan fingerprint density at radius 1 is 0.895 bits per heavy atom. The van der Waals surface area contributed by atoms with Crippen LogP contribution in [0.3, 0.4) is 0 Å². The Morgan fingerprint density at radius 2 is 1.37 bits per heavy atom. The summed E-state index contributed by atoms with van der Waals surface area (Å²) in [5.41, 5.74) is 0. The van der Waals surface area contributed by atoms with Crippen LogP contribution in [0.5, 0.6) is 0 Å². The summed E-state index contributed by atoms with van der Waals surface area (Å²) in [5.74, 6) is -0.507. The number of rotatable bonds is 4. The maximum atomic E-state index is 8.97. The molecule has 2 heterocycles. The first-order valence-corrected chi connectivity index (χ1v) is 6.61. The standard InChI is InChI=1S/C13H18N2O4/c14-7-10-3-1-5-16-12(10)18-9-19-13-11(8-15)4-2-6-17-13/h10-13H,1-6,9H2. The van der Waals surface area contributed by atoms with Crippen molar-refractivity contribution < 1.29 is 18.9 Å². The minimum absolute atomic E-state index is 0.0221. The summed E-state index contributed by atoms with van der Waals surface area (Å²) in [7, 11) is 0. The molecule has 0 aliphatic carbocycles. The maximum absolute atomic E-state index is 8.97. The molecule has 6 nitrogen and oxygen atoms in total. The Balaban J connectivity index is 1.73. The van der Waals surface area contributed by atoms with Gasteiger partial charge in [-0.2, -0.15) is 10.5 Å². The van der Waals surface area contributed by atoms with E-state index in [9.17, 15) is 0 Å². The van der Waals surface area contributed by atoms with Crippen LogP contribution in [0.4, 0.5) is 0 Å². The van der Waals surface area contributed by atoms with Crippen molar-refractivity contribution in [2.45, 2.75) is 38.3 Å². The first-order valence-electron chi connectivity index (χ1n) is 6.61. The minimum atomic E-state index is -0.539. The van der Waals surface area contributed by atoms with E-state index >= 15 is 0 Å². The molecule has 2 aliphatic rings. The van der Waals surface area contributed by atoms with E-state index in [2.05, 4.69) is 12.1 Å². The van der Waals surface area contributed by atoms with Crippen LogP contribution in [-0.4, -0.2) is 32.6 Å². The molecule has 2 fully saturated rings. The van der Waals surface area contributed by atoms with Crippen molar-refractivity contribution in [3.8, 4) is 12.1 Å². The summed E-state index contributed by atoms with van der Waals surface area (Å²) >= 11 is 0. The lowest BCUT2D eigenvalue weighted by molar-refractivity contribution is -0.273. The van der Waals surface area contributed by atoms with Crippen molar-refractivity contribution in [2.75, 3.05) is 20.0 Å². The molecule has 2 aliphatic heterocycles. The molecule has 4 atom stereocenters. The SMILES string of the molecule is N#CC1CCCOC1OCOC1OCCCC1C#N. The summed E-state index contributed by atoms with van der Waals surface area (Å²) in [5, 5.41) is 17.9. The Morgan fingerprint density at radius 3 is 1.79 bits per heavy atom. The molecule has 0 saturated carbocycles. The van der Waals surface area contributed by atoms with E-state index in [1.54, 1.807) is 0 Å². The zero-order valence-electron chi connectivity index (χ0n) is 10.8. The molecule has 0 spiro atoms. The van der Waals surface area contributed by atoms with Crippen molar-refractivity contribution in [1.29, 1.82) is 10.5 Å². The third-order valence-corrected chi connectivity index (χ3v) is 3.34. The molecular weight excluding hydrogens is 248 g/mol. The molecule has 2 saturated heterocycles. The van der Waals surface area contributed by atoms with Crippen molar-refractivity contribution >= 4 is 0 Å². The third-order valence-electron chi connectivity index (χ3n) is 3.34. The van der Waals surface area contributed by atoms with E-state index in [-0.39, 0.29) is 18.6 Å². The monoisotopic (exact) mass is 266 g/mol.